The smallest absolute Gasteiger partial charge is 0.248 e. The van der Waals surface area contributed by atoms with Gasteiger partial charge in [0, 0.05) is 30.4 Å². The van der Waals surface area contributed by atoms with Gasteiger partial charge in [-0.05, 0) is 50.5 Å². The first-order chi connectivity index (χ1) is 13.1. The topological polar surface area (TPSA) is 128 Å². The Balaban J connectivity index is 1.68. The lowest BCUT2D eigenvalue weighted by Gasteiger charge is -2.08. The molecule has 0 unspecified atom stereocenters. The van der Waals surface area contributed by atoms with Crippen LogP contribution in [0, 0.1) is 5.82 Å². The van der Waals surface area contributed by atoms with Crippen molar-refractivity contribution < 1.29 is 14.2 Å². The van der Waals surface area contributed by atoms with E-state index in [0.29, 0.717) is 18.7 Å². The monoisotopic (exact) mass is 436 g/mol. The molecular formula is C16H14BrFN6O3. The van der Waals surface area contributed by atoms with Crippen LogP contribution in [0.4, 0.5) is 15.9 Å². The third kappa shape index (κ3) is 4.70. The Morgan fingerprint density at radius 2 is 2.19 bits per heavy atom. The van der Waals surface area contributed by atoms with Crippen molar-refractivity contribution in [2.24, 2.45) is 5.16 Å². The Hall–Kier alpha value is -3.21. The number of anilines is 2. The largest absolute Gasteiger partial charge is 0.409 e. The SMILES string of the molecule is O=c1cccc(CCNc2nonc2C(=NO)Nc2ccc(F)c(Br)c2)[nH]1. The molecule has 27 heavy (non-hydrogen) atoms. The molecule has 3 rings (SSSR count). The minimum absolute atomic E-state index is 0.0367. The van der Waals surface area contributed by atoms with Crippen LogP contribution < -0.4 is 16.2 Å². The minimum Gasteiger partial charge on any atom is -0.409 e. The normalized spacial score (nSPS) is 11.4. The van der Waals surface area contributed by atoms with Crippen molar-refractivity contribution >= 4 is 33.3 Å². The van der Waals surface area contributed by atoms with Crippen LogP contribution in [0.1, 0.15) is 11.4 Å². The summed E-state index contributed by atoms with van der Waals surface area (Å²) in [7, 11) is 0. The molecule has 4 N–H and O–H groups in total. The number of nitrogens with zero attached hydrogens (tertiary/aromatic N) is 3. The van der Waals surface area contributed by atoms with E-state index in [4.69, 9.17) is 4.63 Å². The fourth-order valence-corrected chi connectivity index (χ4v) is 2.64. The summed E-state index contributed by atoms with van der Waals surface area (Å²) in [6.07, 6.45) is 0.520. The van der Waals surface area contributed by atoms with Gasteiger partial charge >= 0.3 is 0 Å². The summed E-state index contributed by atoms with van der Waals surface area (Å²) in [5.41, 5.74) is 1.17. The average Bonchev–Trinajstić information content (AvgIpc) is 3.11. The number of pyridine rings is 1. The lowest BCUT2D eigenvalue weighted by atomic mass is 10.2. The molecule has 0 aliphatic carbocycles. The third-order valence-corrected chi connectivity index (χ3v) is 4.12. The maximum absolute atomic E-state index is 13.3. The van der Waals surface area contributed by atoms with Crippen molar-refractivity contribution in [3.63, 3.8) is 0 Å². The Kier molecular flexibility index (Phi) is 5.81. The second-order valence-electron chi connectivity index (χ2n) is 5.38. The second-order valence-corrected chi connectivity index (χ2v) is 6.24. The molecule has 1 aromatic carbocycles. The molecule has 0 saturated heterocycles. The highest BCUT2D eigenvalue weighted by Gasteiger charge is 2.18. The fraction of sp³-hybridized carbons (Fsp3) is 0.125. The number of hydrogen-bond acceptors (Lipinski definition) is 7. The van der Waals surface area contributed by atoms with E-state index in [2.05, 4.69) is 47.0 Å². The molecule has 0 aliphatic rings. The number of halogens is 2. The minimum atomic E-state index is -0.424. The quantitative estimate of drug-likeness (QED) is 0.202. The highest BCUT2D eigenvalue weighted by Crippen LogP contribution is 2.21. The molecule has 0 atom stereocenters. The lowest BCUT2D eigenvalue weighted by molar-refractivity contribution is 0.305. The highest BCUT2D eigenvalue weighted by molar-refractivity contribution is 9.10. The molecule has 2 heterocycles. The zero-order chi connectivity index (χ0) is 19.2. The van der Waals surface area contributed by atoms with Crippen LogP contribution in [0.25, 0.3) is 0 Å². The van der Waals surface area contributed by atoms with Gasteiger partial charge in [-0.3, -0.25) is 4.79 Å². The van der Waals surface area contributed by atoms with Crippen molar-refractivity contribution in [3.8, 4) is 0 Å². The summed E-state index contributed by atoms with van der Waals surface area (Å²) in [6, 6.07) is 9.09. The molecule has 0 aliphatic heterocycles. The third-order valence-electron chi connectivity index (χ3n) is 3.51. The van der Waals surface area contributed by atoms with E-state index in [-0.39, 0.29) is 27.4 Å². The zero-order valence-corrected chi connectivity index (χ0v) is 15.3. The van der Waals surface area contributed by atoms with Gasteiger partial charge in [0.15, 0.2) is 5.69 Å². The van der Waals surface area contributed by atoms with Gasteiger partial charge in [0.1, 0.15) is 5.82 Å². The van der Waals surface area contributed by atoms with Crippen LogP contribution >= 0.6 is 15.9 Å². The van der Waals surface area contributed by atoms with Crippen molar-refractivity contribution in [2.45, 2.75) is 6.42 Å². The number of hydrogen-bond donors (Lipinski definition) is 4. The summed E-state index contributed by atoms with van der Waals surface area (Å²) in [4.78, 5) is 14.0. The Morgan fingerprint density at radius 3 is 2.93 bits per heavy atom. The summed E-state index contributed by atoms with van der Waals surface area (Å²) in [5.74, 6) is -0.215. The second kappa shape index (κ2) is 8.45. The first-order valence-corrected chi connectivity index (χ1v) is 8.55. The van der Waals surface area contributed by atoms with E-state index >= 15 is 0 Å². The van der Waals surface area contributed by atoms with Gasteiger partial charge in [-0.2, -0.15) is 0 Å². The average molecular weight is 437 g/mol. The molecule has 0 amide bonds. The fourth-order valence-electron chi connectivity index (χ4n) is 2.26. The molecule has 0 bridgehead atoms. The molecule has 0 spiro atoms. The summed E-state index contributed by atoms with van der Waals surface area (Å²) in [6.45, 7) is 0.419. The van der Waals surface area contributed by atoms with Crippen LogP contribution in [-0.2, 0) is 6.42 Å². The molecule has 11 heteroatoms. The number of benzene rings is 1. The number of H-pyrrole nitrogens is 1. The standard InChI is InChI=1S/C16H14BrFN6O3/c17-11-8-10(4-5-12(11)18)21-16(22-26)14-15(24-27-23-14)19-7-6-9-2-1-3-13(25)20-9/h1-5,8,26H,6-7H2,(H,19,24)(H,20,25)(H,21,22). The molecule has 140 valence electrons. The van der Waals surface area contributed by atoms with Crippen LogP contribution in [0.5, 0.6) is 0 Å². The summed E-state index contributed by atoms with van der Waals surface area (Å²) >= 11 is 3.08. The van der Waals surface area contributed by atoms with Crippen molar-refractivity contribution in [3.05, 3.63) is 68.4 Å². The van der Waals surface area contributed by atoms with Gasteiger partial charge in [-0.15, -0.1) is 0 Å². The predicted octanol–water partition coefficient (Wildman–Crippen LogP) is 2.56. The van der Waals surface area contributed by atoms with E-state index in [0.717, 1.165) is 5.69 Å². The zero-order valence-electron chi connectivity index (χ0n) is 13.7. The van der Waals surface area contributed by atoms with Crippen molar-refractivity contribution in [1.29, 1.82) is 0 Å². The Labute approximate surface area is 160 Å². The van der Waals surface area contributed by atoms with E-state index in [1.54, 1.807) is 12.1 Å². The van der Waals surface area contributed by atoms with Crippen LogP contribution in [-0.4, -0.2) is 32.9 Å². The number of aromatic amines is 1. The molecule has 0 radical (unpaired) electrons. The van der Waals surface area contributed by atoms with E-state index in [1.165, 1.54) is 24.3 Å². The van der Waals surface area contributed by atoms with E-state index in [9.17, 15) is 14.4 Å². The molecular weight excluding hydrogens is 423 g/mol. The maximum Gasteiger partial charge on any atom is 0.248 e. The number of aromatic nitrogens is 3. The number of oxime groups is 1. The Bertz CT molecular complexity index is 1020. The van der Waals surface area contributed by atoms with Gasteiger partial charge in [-0.1, -0.05) is 11.2 Å². The first-order valence-electron chi connectivity index (χ1n) is 7.76. The van der Waals surface area contributed by atoms with Crippen LogP contribution in [0.3, 0.4) is 0 Å². The molecule has 0 fully saturated rings. The first kappa shape index (κ1) is 18.6. The lowest BCUT2D eigenvalue weighted by Crippen LogP contribution is -2.18. The van der Waals surface area contributed by atoms with Gasteiger partial charge in [-0.25, -0.2) is 9.02 Å². The highest BCUT2D eigenvalue weighted by atomic mass is 79.9. The Morgan fingerprint density at radius 1 is 1.33 bits per heavy atom. The molecule has 0 saturated carbocycles. The number of nitrogens with one attached hydrogen (secondary N) is 3. The van der Waals surface area contributed by atoms with Crippen LogP contribution in [0.15, 0.2) is 55.5 Å². The van der Waals surface area contributed by atoms with E-state index < -0.39 is 5.82 Å². The van der Waals surface area contributed by atoms with Crippen molar-refractivity contribution in [1.82, 2.24) is 15.3 Å². The van der Waals surface area contributed by atoms with E-state index in [1.807, 2.05) is 0 Å². The summed E-state index contributed by atoms with van der Waals surface area (Å²) in [5, 5.41) is 25.7. The van der Waals surface area contributed by atoms with Gasteiger partial charge in [0.2, 0.25) is 17.2 Å². The maximum atomic E-state index is 13.3. The van der Waals surface area contributed by atoms with Crippen LogP contribution in [0.2, 0.25) is 0 Å². The molecule has 3 aromatic rings. The molecule has 9 nitrogen and oxygen atoms in total. The predicted molar refractivity (Wildman–Crippen MR) is 99.6 cm³/mol. The number of rotatable bonds is 6. The van der Waals surface area contributed by atoms with Gasteiger partial charge in [0.05, 0.1) is 4.47 Å². The van der Waals surface area contributed by atoms with Crippen molar-refractivity contribution in [2.75, 3.05) is 17.2 Å². The van der Waals surface area contributed by atoms with Gasteiger partial charge < -0.3 is 20.8 Å². The summed E-state index contributed by atoms with van der Waals surface area (Å²) < 4.78 is 18.3. The number of amidine groups is 1. The molecule has 2 aromatic heterocycles. The van der Waals surface area contributed by atoms with Gasteiger partial charge in [0.25, 0.3) is 0 Å².